The second-order valence-corrected chi connectivity index (χ2v) is 7.17. The zero-order valence-electron chi connectivity index (χ0n) is 14.6. The van der Waals surface area contributed by atoms with Gasteiger partial charge in [-0.15, -0.1) is 0 Å². The number of rotatable bonds is 4. The lowest BCUT2D eigenvalue weighted by Gasteiger charge is -2.11. The Bertz CT molecular complexity index is 1010. The van der Waals surface area contributed by atoms with Gasteiger partial charge < -0.3 is 9.88 Å². The molecule has 4 nitrogen and oxygen atoms in total. The lowest BCUT2D eigenvalue weighted by molar-refractivity contribution is 0.102. The van der Waals surface area contributed by atoms with E-state index in [1.807, 2.05) is 56.3 Å². The summed E-state index contributed by atoms with van der Waals surface area (Å²) in [6, 6.07) is 16.8. The average molecular weight is 411 g/mol. The molecule has 132 valence electrons. The van der Waals surface area contributed by atoms with Crippen LogP contribution in [0.5, 0.6) is 0 Å². The molecule has 0 atom stereocenters. The SMILES string of the molecule is Cc1ccc(Cn2cccc(C(=O)Nc3ccc(Br)cc3C)c2=O)cc1. The van der Waals surface area contributed by atoms with Crippen molar-refractivity contribution in [3.63, 3.8) is 0 Å². The van der Waals surface area contributed by atoms with Gasteiger partial charge in [0.2, 0.25) is 0 Å². The number of anilines is 1. The van der Waals surface area contributed by atoms with Gasteiger partial charge in [0.25, 0.3) is 11.5 Å². The van der Waals surface area contributed by atoms with Crippen molar-refractivity contribution in [3.8, 4) is 0 Å². The fourth-order valence-corrected chi connectivity index (χ4v) is 3.16. The van der Waals surface area contributed by atoms with Crippen LogP contribution in [0.2, 0.25) is 0 Å². The summed E-state index contributed by atoms with van der Waals surface area (Å²) in [6.45, 7) is 4.35. The molecule has 26 heavy (non-hydrogen) atoms. The Morgan fingerprint density at radius 1 is 1.08 bits per heavy atom. The number of aromatic nitrogens is 1. The van der Waals surface area contributed by atoms with Crippen molar-refractivity contribution in [3.05, 3.63) is 97.9 Å². The summed E-state index contributed by atoms with van der Waals surface area (Å²) in [5.41, 5.74) is 3.61. The van der Waals surface area contributed by atoms with Crippen LogP contribution in [0.3, 0.4) is 0 Å². The molecule has 3 rings (SSSR count). The molecule has 1 aromatic heterocycles. The van der Waals surface area contributed by atoms with Gasteiger partial charge in [-0.2, -0.15) is 0 Å². The number of nitrogens with zero attached hydrogens (tertiary/aromatic N) is 1. The molecule has 5 heteroatoms. The first-order valence-electron chi connectivity index (χ1n) is 8.26. The van der Waals surface area contributed by atoms with E-state index in [4.69, 9.17) is 0 Å². The lowest BCUT2D eigenvalue weighted by atomic mass is 10.1. The molecular weight excluding hydrogens is 392 g/mol. The molecule has 0 radical (unpaired) electrons. The summed E-state index contributed by atoms with van der Waals surface area (Å²) in [6.07, 6.45) is 1.70. The van der Waals surface area contributed by atoms with Gasteiger partial charge in [-0.25, -0.2) is 0 Å². The molecule has 3 aromatic rings. The minimum atomic E-state index is -0.404. The van der Waals surface area contributed by atoms with Crippen LogP contribution in [-0.4, -0.2) is 10.5 Å². The maximum absolute atomic E-state index is 12.7. The van der Waals surface area contributed by atoms with E-state index < -0.39 is 5.91 Å². The highest BCUT2D eigenvalue weighted by Gasteiger charge is 2.13. The minimum absolute atomic E-state index is 0.127. The molecule has 1 N–H and O–H groups in total. The number of aryl methyl sites for hydroxylation is 2. The first-order chi connectivity index (χ1) is 12.4. The van der Waals surface area contributed by atoms with Gasteiger partial charge in [-0.05, 0) is 55.3 Å². The van der Waals surface area contributed by atoms with Gasteiger partial charge in [0.1, 0.15) is 5.56 Å². The minimum Gasteiger partial charge on any atom is -0.322 e. The number of hydrogen-bond donors (Lipinski definition) is 1. The summed E-state index contributed by atoms with van der Waals surface area (Å²) in [4.78, 5) is 25.3. The topological polar surface area (TPSA) is 51.1 Å². The predicted molar refractivity (Wildman–Crippen MR) is 108 cm³/mol. The molecule has 0 aliphatic carbocycles. The molecule has 0 fully saturated rings. The summed E-state index contributed by atoms with van der Waals surface area (Å²) in [7, 11) is 0. The van der Waals surface area contributed by atoms with E-state index in [2.05, 4.69) is 21.2 Å². The van der Waals surface area contributed by atoms with E-state index in [-0.39, 0.29) is 11.1 Å². The van der Waals surface area contributed by atoms with Crippen LogP contribution in [0.4, 0.5) is 5.69 Å². The molecule has 0 bridgehead atoms. The van der Waals surface area contributed by atoms with Gasteiger partial charge in [0, 0.05) is 16.4 Å². The normalized spacial score (nSPS) is 10.6. The summed E-state index contributed by atoms with van der Waals surface area (Å²) < 4.78 is 2.49. The van der Waals surface area contributed by atoms with Crippen molar-refractivity contribution in [2.75, 3.05) is 5.32 Å². The van der Waals surface area contributed by atoms with Crippen LogP contribution >= 0.6 is 15.9 Å². The number of benzene rings is 2. The van der Waals surface area contributed by atoms with Gasteiger partial charge >= 0.3 is 0 Å². The fraction of sp³-hybridized carbons (Fsp3) is 0.143. The molecule has 0 saturated carbocycles. The molecule has 1 amide bonds. The smallest absolute Gasteiger partial charge is 0.263 e. The summed E-state index contributed by atoms with van der Waals surface area (Å²) in [5.74, 6) is -0.404. The average Bonchev–Trinajstić information content (AvgIpc) is 2.61. The Balaban J connectivity index is 1.85. The molecule has 0 aliphatic rings. The van der Waals surface area contributed by atoms with E-state index in [0.717, 1.165) is 15.6 Å². The van der Waals surface area contributed by atoms with Crippen molar-refractivity contribution in [2.45, 2.75) is 20.4 Å². The van der Waals surface area contributed by atoms with Crippen molar-refractivity contribution in [1.82, 2.24) is 4.57 Å². The number of nitrogens with one attached hydrogen (secondary N) is 1. The zero-order valence-corrected chi connectivity index (χ0v) is 16.2. The highest BCUT2D eigenvalue weighted by Crippen LogP contribution is 2.20. The van der Waals surface area contributed by atoms with Crippen LogP contribution in [0, 0.1) is 13.8 Å². The third-order valence-corrected chi connectivity index (χ3v) is 4.67. The van der Waals surface area contributed by atoms with E-state index in [9.17, 15) is 9.59 Å². The monoisotopic (exact) mass is 410 g/mol. The van der Waals surface area contributed by atoms with Gasteiger partial charge in [-0.1, -0.05) is 45.8 Å². The second kappa shape index (κ2) is 7.70. The van der Waals surface area contributed by atoms with Crippen LogP contribution in [0.15, 0.2) is 70.1 Å². The number of carbonyl (C=O) groups excluding carboxylic acids is 1. The largest absolute Gasteiger partial charge is 0.322 e. The molecular formula is C21H19BrN2O2. The molecule has 1 heterocycles. The van der Waals surface area contributed by atoms with Crippen LogP contribution in [0.1, 0.15) is 27.0 Å². The quantitative estimate of drug-likeness (QED) is 0.686. The van der Waals surface area contributed by atoms with E-state index >= 15 is 0 Å². The fourth-order valence-electron chi connectivity index (χ4n) is 2.68. The number of hydrogen-bond acceptors (Lipinski definition) is 2. The Kier molecular flexibility index (Phi) is 5.38. The van der Waals surface area contributed by atoms with Gasteiger partial charge in [-0.3, -0.25) is 9.59 Å². The van der Waals surface area contributed by atoms with Crippen molar-refractivity contribution in [2.24, 2.45) is 0 Å². The van der Waals surface area contributed by atoms with Crippen LogP contribution < -0.4 is 10.9 Å². The molecule has 0 unspecified atom stereocenters. The molecule has 0 aliphatic heterocycles. The maximum atomic E-state index is 12.7. The van der Waals surface area contributed by atoms with Crippen LogP contribution in [-0.2, 0) is 6.54 Å². The number of carbonyl (C=O) groups is 1. The van der Waals surface area contributed by atoms with Crippen LogP contribution in [0.25, 0.3) is 0 Å². The predicted octanol–water partition coefficient (Wildman–Crippen LogP) is 4.53. The summed E-state index contributed by atoms with van der Waals surface area (Å²) in [5, 5.41) is 2.82. The van der Waals surface area contributed by atoms with E-state index in [0.29, 0.717) is 12.2 Å². The Morgan fingerprint density at radius 3 is 2.50 bits per heavy atom. The highest BCUT2D eigenvalue weighted by atomic mass is 79.9. The lowest BCUT2D eigenvalue weighted by Crippen LogP contribution is -2.29. The third kappa shape index (κ3) is 4.11. The van der Waals surface area contributed by atoms with Crippen molar-refractivity contribution < 1.29 is 4.79 Å². The zero-order chi connectivity index (χ0) is 18.7. The first-order valence-corrected chi connectivity index (χ1v) is 9.06. The standard InChI is InChI=1S/C21H19BrN2O2/c1-14-5-7-16(8-6-14)13-24-11-3-4-18(21(24)26)20(25)23-19-10-9-17(22)12-15(19)2/h3-12H,13H2,1-2H3,(H,23,25). The molecule has 2 aromatic carbocycles. The highest BCUT2D eigenvalue weighted by molar-refractivity contribution is 9.10. The van der Waals surface area contributed by atoms with Gasteiger partial charge in [0.15, 0.2) is 0 Å². The Morgan fingerprint density at radius 2 is 1.81 bits per heavy atom. The Labute approximate surface area is 160 Å². The first kappa shape index (κ1) is 18.1. The molecule has 0 saturated heterocycles. The number of pyridine rings is 1. The van der Waals surface area contributed by atoms with E-state index in [1.54, 1.807) is 22.9 Å². The Hall–Kier alpha value is -2.66. The summed E-state index contributed by atoms with van der Waals surface area (Å²) >= 11 is 3.40. The van der Waals surface area contributed by atoms with Crippen molar-refractivity contribution >= 4 is 27.5 Å². The second-order valence-electron chi connectivity index (χ2n) is 6.25. The van der Waals surface area contributed by atoms with Crippen molar-refractivity contribution in [1.29, 1.82) is 0 Å². The molecule has 0 spiro atoms. The van der Waals surface area contributed by atoms with Gasteiger partial charge in [0.05, 0.1) is 6.54 Å². The number of amides is 1. The maximum Gasteiger partial charge on any atom is 0.263 e. The third-order valence-electron chi connectivity index (χ3n) is 4.17. The number of halogens is 1. The van der Waals surface area contributed by atoms with E-state index in [1.165, 1.54) is 5.56 Å².